The van der Waals surface area contributed by atoms with Gasteiger partial charge in [-0.1, -0.05) is 32.1 Å². The molecule has 0 aliphatic heterocycles. The van der Waals surface area contributed by atoms with E-state index < -0.39 is 0 Å². The summed E-state index contributed by atoms with van der Waals surface area (Å²) < 4.78 is 0. The van der Waals surface area contributed by atoms with Crippen molar-refractivity contribution >= 4 is 6.21 Å². The van der Waals surface area contributed by atoms with Gasteiger partial charge in [-0.15, -0.1) is 0 Å². The molecule has 0 radical (unpaired) electrons. The molecule has 1 N–H and O–H groups in total. The minimum Gasteiger partial charge on any atom is -0.308 e. The second kappa shape index (κ2) is 4.98. The molecular weight excluding hydrogens is 122 g/mol. The Morgan fingerprint density at radius 2 is 2.00 bits per heavy atom. The summed E-state index contributed by atoms with van der Waals surface area (Å²) in [5.41, 5.74) is 1.07. The molecule has 1 nitrogen and oxygen atoms in total. The number of hydrogen-bond donors (Lipinski definition) is 1. The van der Waals surface area contributed by atoms with E-state index in [1.807, 2.05) is 25.2 Å². The summed E-state index contributed by atoms with van der Waals surface area (Å²) in [7, 11) is 0. The van der Waals surface area contributed by atoms with Gasteiger partial charge in [-0.3, -0.25) is 0 Å². The molecular formula is C9H15N. The maximum atomic E-state index is 7.04. The van der Waals surface area contributed by atoms with E-state index in [9.17, 15) is 0 Å². The molecule has 1 heteroatoms. The van der Waals surface area contributed by atoms with Crippen molar-refractivity contribution in [3.8, 4) is 0 Å². The first-order chi connectivity index (χ1) is 4.72. The highest BCUT2D eigenvalue weighted by atomic mass is 14.3. The number of hydrogen-bond acceptors (Lipinski definition) is 1. The van der Waals surface area contributed by atoms with Gasteiger partial charge in [0.05, 0.1) is 0 Å². The van der Waals surface area contributed by atoms with Gasteiger partial charge in [-0.05, 0) is 18.4 Å². The molecule has 0 aromatic carbocycles. The topological polar surface area (TPSA) is 23.9 Å². The Hall–Kier alpha value is -0.850. The van der Waals surface area contributed by atoms with Crippen molar-refractivity contribution in [2.45, 2.75) is 20.8 Å². The predicted octanol–water partition coefficient (Wildman–Crippen LogP) is 2.79. The largest absolute Gasteiger partial charge is 0.308 e. The van der Waals surface area contributed by atoms with Crippen LogP contribution in [0.5, 0.6) is 0 Å². The quantitative estimate of drug-likeness (QED) is 0.457. The van der Waals surface area contributed by atoms with Crippen LogP contribution in [-0.4, -0.2) is 6.21 Å². The number of nitrogens with one attached hydrogen (secondary N) is 1. The van der Waals surface area contributed by atoms with Crippen molar-refractivity contribution in [1.82, 2.24) is 0 Å². The zero-order valence-corrected chi connectivity index (χ0v) is 6.89. The first-order valence-electron chi connectivity index (χ1n) is 3.55. The van der Waals surface area contributed by atoms with Gasteiger partial charge >= 0.3 is 0 Å². The van der Waals surface area contributed by atoms with Crippen LogP contribution in [0.25, 0.3) is 0 Å². The number of allylic oxidation sites excluding steroid dienone is 4. The molecule has 0 saturated heterocycles. The Morgan fingerprint density at radius 3 is 2.30 bits per heavy atom. The minimum atomic E-state index is 0.452. The van der Waals surface area contributed by atoms with E-state index in [4.69, 9.17) is 5.41 Å². The predicted molar refractivity (Wildman–Crippen MR) is 46.5 cm³/mol. The van der Waals surface area contributed by atoms with E-state index in [1.54, 1.807) is 0 Å². The van der Waals surface area contributed by atoms with E-state index >= 15 is 0 Å². The Balaban J connectivity index is 4.18. The third-order valence-electron chi connectivity index (χ3n) is 1.31. The SMILES string of the molecule is C/C=C\C=C(/C=N)C(C)C. The van der Waals surface area contributed by atoms with Gasteiger partial charge < -0.3 is 5.41 Å². The van der Waals surface area contributed by atoms with Gasteiger partial charge in [0.1, 0.15) is 0 Å². The van der Waals surface area contributed by atoms with Gasteiger partial charge in [0.2, 0.25) is 0 Å². The lowest BCUT2D eigenvalue weighted by atomic mass is 10.0. The Bertz CT molecular complexity index is 152. The fourth-order valence-corrected chi connectivity index (χ4v) is 0.615. The van der Waals surface area contributed by atoms with Crippen LogP contribution in [0.2, 0.25) is 0 Å². The first kappa shape index (κ1) is 9.15. The molecule has 0 unspecified atom stereocenters. The lowest BCUT2D eigenvalue weighted by molar-refractivity contribution is 0.806. The molecule has 0 aromatic heterocycles. The molecule has 0 aliphatic carbocycles. The van der Waals surface area contributed by atoms with Crippen LogP contribution in [-0.2, 0) is 0 Å². The molecule has 0 aromatic rings. The zero-order chi connectivity index (χ0) is 7.98. The van der Waals surface area contributed by atoms with Crippen molar-refractivity contribution in [2.24, 2.45) is 5.92 Å². The molecule has 0 rings (SSSR count). The Morgan fingerprint density at radius 1 is 1.40 bits per heavy atom. The van der Waals surface area contributed by atoms with E-state index in [1.165, 1.54) is 6.21 Å². The fourth-order valence-electron chi connectivity index (χ4n) is 0.615. The molecule has 0 fully saturated rings. The highest BCUT2D eigenvalue weighted by molar-refractivity contribution is 5.76. The molecule has 0 aliphatic rings. The Labute approximate surface area is 63.0 Å². The molecule has 56 valence electrons. The zero-order valence-electron chi connectivity index (χ0n) is 6.89. The second-order valence-electron chi connectivity index (χ2n) is 2.49. The Kier molecular flexibility index (Phi) is 4.55. The van der Waals surface area contributed by atoms with Crippen molar-refractivity contribution in [1.29, 1.82) is 5.41 Å². The lowest BCUT2D eigenvalue weighted by Gasteiger charge is -2.01. The summed E-state index contributed by atoms with van der Waals surface area (Å²) in [5.74, 6) is 0.452. The monoisotopic (exact) mass is 137 g/mol. The highest BCUT2D eigenvalue weighted by Crippen LogP contribution is 2.05. The fraction of sp³-hybridized carbons (Fsp3) is 0.444. The summed E-state index contributed by atoms with van der Waals surface area (Å²) in [6, 6.07) is 0. The number of rotatable bonds is 3. The molecule has 0 amide bonds. The third kappa shape index (κ3) is 3.23. The molecule has 0 saturated carbocycles. The van der Waals surface area contributed by atoms with E-state index in [0.29, 0.717) is 5.92 Å². The molecule has 10 heavy (non-hydrogen) atoms. The van der Waals surface area contributed by atoms with Crippen LogP contribution in [0.3, 0.4) is 0 Å². The molecule has 0 spiro atoms. The van der Waals surface area contributed by atoms with Gasteiger partial charge in [0.15, 0.2) is 0 Å². The van der Waals surface area contributed by atoms with Crippen molar-refractivity contribution in [3.63, 3.8) is 0 Å². The molecule has 0 heterocycles. The summed E-state index contributed by atoms with van der Waals surface area (Å²) in [4.78, 5) is 0. The van der Waals surface area contributed by atoms with Crippen LogP contribution in [0.1, 0.15) is 20.8 Å². The van der Waals surface area contributed by atoms with Crippen LogP contribution in [0, 0.1) is 11.3 Å². The van der Waals surface area contributed by atoms with Gasteiger partial charge in [-0.2, -0.15) is 0 Å². The van der Waals surface area contributed by atoms with Gasteiger partial charge in [-0.25, -0.2) is 0 Å². The maximum absolute atomic E-state index is 7.04. The van der Waals surface area contributed by atoms with E-state index in [0.717, 1.165) is 5.57 Å². The first-order valence-corrected chi connectivity index (χ1v) is 3.55. The average Bonchev–Trinajstić information content (AvgIpc) is 1.89. The van der Waals surface area contributed by atoms with Crippen LogP contribution >= 0.6 is 0 Å². The summed E-state index contributed by atoms with van der Waals surface area (Å²) in [5, 5.41) is 7.04. The van der Waals surface area contributed by atoms with Gasteiger partial charge in [0.25, 0.3) is 0 Å². The summed E-state index contributed by atoms with van der Waals surface area (Å²) in [6.07, 6.45) is 7.30. The molecule has 0 bridgehead atoms. The van der Waals surface area contributed by atoms with Crippen molar-refractivity contribution in [3.05, 3.63) is 23.8 Å². The smallest absolute Gasteiger partial charge is 0.0212 e. The summed E-state index contributed by atoms with van der Waals surface area (Å²) >= 11 is 0. The average molecular weight is 137 g/mol. The second-order valence-corrected chi connectivity index (χ2v) is 2.49. The van der Waals surface area contributed by atoms with E-state index in [-0.39, 0.29) is 0 Å². The van der Waals surface area contributed by atoms with Crippen molar-refractivity contribution in [2.75, 3.05) is 0 Å². The van der Waals surface area contributed by atoms with Gasteiger partial charge in [0, 0.05) is 6.21 Å². The maximum Gasteiger partial charge on any atom is 0.0212 e. The third-order valence-corrected chi connectivity index (χ3v) is 1.31. The van der Waals surface area contributed by atoms with Crippen LogP contribution in [0.4, 0.5) is 0 Å². The van der Waals surface area contributed by atoms with Crippen molar-refractivity contribution < 1.29 is 0 Å². The van der Waals surface area contributed by atoms with E-state index in [2.05, 4.69) is 13.8 Å². The summed E-state index contributed by atoms with van der Waals surface area (Å²) in [6.45, 7) is 6.14. The van der Waals surface area contributed by atoms with Crippen LogP contribution in [0.15, 0.2) is 23.8 Å². The normalized spacial score (nSPS) is 13.0. The standard InChI is InChI=1S/C9H15N/c1-4-5-6-9(7-10)8(2)3/h4-8,10H,1-3H3/b5-4-,9-6+,10-7?. The molecule has 0 atom stereocenters. The van der Waals surface area contributed by atoms with Crippen LogP contribution < -0.4 is 0 Å². The highest BCUT2D eigenvalue weighted by Gasteiger charge is 1.95. The lowest BCUT2D eigenvalue weighted by Crippen LogP contribution is -1.93. The minimum absolute atomic E-state index is 0.452.